The Kier molecular flexibility index (Phi) is 15.8. The molecule has 0 fully saturated rings. The summed E-state index contributed by atoms with van der Waals surface area (Å²) < 4.78 is 11.4. The molecule has 0 saturated carbocycles. The predicted octanol–water partition coefficient (Wildman–Crippen LogP) is 6.88. The fraction of sp³-hybridized carbons (Fsp3) is 0.438. The molecule has 0 saturated heterocycles. The monoisotopic (exact) mass is 520 g/mol. The topological polar surface area (TPSA) is 76.7 Å². The zero-order chi connectivity index (χ0) is 27.3. The first-order chi connectivity index (χ1) is 18.6. The van der Waals surface area contributed by atoms with Crippen LogP contribution in [-0.2, 0) is 0 Å². The van der Waals surface area contributed by atoms with Crippen LogP contribution in [-0.4, -0.2) is 37.9 Å². The molecule has 2 aromatic carbocycles. The van der Waals surface area contributed by atoms with Gasteiger partial charge in [0.25, 0.3) is 0 Å². The van der Waals surface area contributed by atoms with Crippen molar-refractivity contribution in [3.63, 3.8) is 0 Å². The average molecular weight is 521 g/mol. The molecule has 38 heavy (non-hydrogen) atoms. The Morgan fingerprint density at radius 1 is 0.605 bits per heavy atom. The van der Waals surface area contributed by atoms with Crippen LogP contribution in [0.1, 0.15) is 85.9 Å². The van der Waals surface area contributed by atoms with E-state index in [1.54, 1.807) is 36.7 Å². The number of benzene rings is 2. The van der Waals surface area contributed by atoms with Crippen LogP contribution in [0, 0.1) is 0 Å². The zero-order valence-corrected chi connectivity index (χ0v) is 23.0. The minimum Gasteiger partial charge on any atom is -0.494 e. The van der Waals surface area contributed by atoms with Gasteiger partial charge in [0.15, 0.2) is 11.6 Å². The quantitative estimate of drug-likeness (QED) is 0.106. The number of ketones is 2. The maximum absolute atomic E-state index is 12.3. The largest absolute Gasteiger partial charge is 0.494 e. The smallest absolute Gasteiger partial charge is 0.187 e. The molecular formula is C32H44N2O4. The lowest BCUT2D eigenvalue weighted by Crippen LogP contribution is -2.20. The first-order valence-electron chi connectivity index (χ1n) is 14.0. The zero-order valence-electron chi connectivity index (χ0n) is 23.0. The van der Waals surface area contributed by atoms with Gasteiger partial charge in [-0.05, 0) is 61.4 Å². The Balaban J connectivity index is 1.58. The predicted molar refractivity (Wildman–Crippen MR) is 155 cm³/mol. The van der Waals surface area contributed by atoms with Crippen LogP contribution in [0.25, 0.3) is 0 Å². The Bertz CT molecular complexity index is 900. The highest BCUT2D eigenvalue weighted by Crippen LogP contribution is 2.15. The second kappa shape index (κ2) is 19.6. The summed E-state index contributed by atoms with van der Waals surface area (Å²) in [6.07, 6.45) is 15.6. The van der Waals surface area contributed by atoms with Gasteiger partial charge in [-0.3, -0.25) is 9.59 Å². The van der Waals surface area contributed by atoms with Gasteiger partial charge < -0.3 is 20.1 Å². The Hall–Kier alpha value is -3.54. The lowest BCUT2D eigenvalue weighted by Gasteiger charge is -2.06. The van der Waals surface area contributed by atoms with Crippen LogP contribution in [0.3, 0.4) is 0 Å². The molecule has 2 rings (SSSR count). The van der Waals surface area contributed by atoms with Crippen molar-refractivity contribution in [2.24, 2.45) is 0 Å². The number of nitrogens with one attached hydrogen (secondary N) is 2. The third-order valence-electron chi connectivity index (χ3n) is 5.93. The number of allylic oxidation sites excluding steroid dienone is 2. The summed E-state index contributed by atoms with van der Waals surface area (Å²) in [6.45, 7) is 7.00. The molecule has 0 atom stereocenters. The molecule has 6 heteroatoms. The van der Waals surface area contributed by atoms with Gasteiger partial charge in [-0.1, -0.05) is 52.4 Å². The van der Waals surface area contributed by atoms with E-state index < -0.39 is 0 Å². The van der Waals surface area contributed by atoms with E-state index in [-0.39, 0.29) is 11.6 Å². The molecule has 0 radical (unpaired) electrons. The third-order valence-corrected chi connectivity index (χ3v) is 5.93. The number of hydrogen-bond acceptors (Lipinski definition) is 6. The molecule has 0 spiro atoms. The Labute approximate surface area is 228 Å². The summed E-state index contributed by atoms with van der Waals surface area (Å²) in [5.41, 5.74) is 1.24. The highest BCUT2D eigenvalue weighted by molar-refractivity contribution is 6.05. The number of hydrogen-bond donors (Lipinski definition) is 2. The molecule has 0 aliphatic carbocycles. The minimum absolute atomic E-state index is 0.0710. The van der Waals surface area contributed by atoms with E-state index in [9.17, 15) is 9.59 Å². The SMILES string of the molecule is CCCCCCOc1ccc(C(=O)/C=C\NCCN/C=C\C(=O)c2ccc(OCCCCCC)cc2)cc1. The van der Waals surface area contributed by atoms with E-state index in [1.807, 2.05) is 24.3 Å². The first-order valence-corrected chi connectivity index (χ1v) is 14.0. The van der Waals surface area contributed by atoms with Crippen molar-refractivity contribution in [1.29, 1.82) is 0 Å². The summed E-state index contributed by atoms with van der Waals surface area (Å²) in [7, 11) is 0. The van der Waals surface area contributed by atoms with Crippen molar-refractivity contribution in [2.75, 3.05) is 26.3 Å². The number of carbonyl (C=O) groups excluding carboxylic acids is 2. The lowest BCUT2D eigenvalue weighted by molar-refractivity contribution is 0.103. The van der Waals surface area contributed by atoms with Gasteiger partial charge in [-0.15, -0.1) is 0 Å². The number of rotatable bonds is 21. The van der Waals surface area contributed by atoms with E-state index >= 15 is 0 Å². The normalized spacial score (nSPS) is 11.1. The van der Waals surface area contributed by atoms with Gasteiger partial charge in [0.05, 0.1) is 13.2 Å². The van der Waals surface area contributed by atoms with E-state index in [0.717, 1.165) is 24.3 Å². The van der Waals surface area contributed by atoms with Crippen LogP contribution >= 0.6 is 0 Å². The highest BCUT2D eigenvalue weighted by Gasteiger charge is 2.03. The van der Waals surface area contributed by atoms with Crippen LogP contribution in [0.4, 0.5) is 0 Å². The van der Waals surface area contributed by atoms with E-state index in [4.69, 9.17) is 9.47 Å². The summed E-state index contributed by atoms with van der Waals surface area (Å²) in [5, 5.41) is 6.15. The Morgan fingerprint density at radius 3 is 1.37 bits per heavy atom. The molecule has 0 unspecified atom stereocenters. The molecule has 206 valence electrons. The first kappa shape index (κ1) is 30.7. The van der Waals surface area contributed by atoms with Gasteiger partial charge >= 0.3 is 0 Å². The molecule has 0 aromatic heterocycles. The fourth-order valence-electron chi connectivity index (χ4n) is 3.64. The Morgan fingerprint density at radius 2 is 1.00 bits per heavy atom. The molecule has 0 aliphatic rings. The van der Waals surface area contributed by atoms with Crippen LogP contribution in [0.5, 0.6) is 11.5 Å². The summed E-state index contributed by atoms with van der Waals surface area (Å²) in [6, 6.07) is 14.5. The van der Waals surface area contributed by atoms with Crippen molar-refractivity contribution < 1.29 is 19.1 Å². The van der Waals surface area contributed by atoms with Crippen LogP contribution in [0.2, 0.25) is 0 Å². The fourth-order valence-corrected chi connectivity index (χ4v) is 3.64. The standard InChI is InChI=1S/C32H44N2O4/c1-3-5-7-9-25-37-29-15-11-27(12-16-29)31(35)19-21-33-23-24-34-22-20-32(36)28-13-17-30(18-14-28)38-26-10-8-6-4-2/h11-22,33-34H,3-10,23-26H2,1-2H3/b21-19-,22-20-. The molecule has 0 heterocycles. The molecule has 6 nitrogen and oxygen atoms in total. The molecule has 0 amide bonds. The van der Waals surface area contributed by atoms with Crippen molar-refractivity contribution in [1.82, 2.24) is 10.6 Å². The maximum atomic E-state index is 12.3. The van der Waals surface area contributed by atoms with Gasteiger partial charge in [-0.2, -0.15) is 0 Å². The minimum atomic E-state index is -0.0710. The number of unbranched alkanes of at least 4 members (excludes halogenated alkanes) is 6. The molecule has 0 bridgehead atoms. The molecular weight excluding hydrogens is 476 g/mol. The van der Waals surface area contributed by atoms with Crippen LogP contribution < -0.4 is 20.1 Å². The van der Waals surface area contributed by atoms with Crippen LogP contribution in [0.15, 0.2) is 73.1 Å². The second-order valence-corrected chi connectivity index (χ2v) is 9.17. The van der Waals surface area contributed by atoms with E-state index in [2.05, 4.69) is 24.5 Å². The highest BCUT2D eigenvalue weighted by atomic mass is 16.5. The summed E-state index contributed by atoms with van der Waals surface area (Å²) >= 11 is 0. The average Bonchev–Trinajstić information content (AvgIpc) is 2.94. The maximum Gasteiger partial charge on any atom is 0.187 e. The number of carbonyl (C=O) groups is 2. The van der Waals surface area contributed by atoms with Crippen molar-refractivity contribution in [3.8, 4) is 11.5 Å². The van der Waals surface area contributed by atoms with Crippen molar-refractivity contribution in [3.05, 3.63) is 84.2 Å². The second-order valence-electron chi connectivity index (χ2n) is 9.17. The van der Waals surface area contributed by atoms with Crippen molar-refractivity contribution in [2.45, 2.75) is 65.2 Å². The lowest BCUT2D eigenvalue weighted by atomic mass is 10.1. The summed E-state index contributed by atoms with van der Waals surface area (Å²) in [5.74, 6) is 1.44. The van der Waals surface area contributed by atoms with Gasteiger partial charge in [-0.25, -0.2) is 0 Å². The number of ether oxygens (including phenoxy) is 2. The molecule has 2 N–H and O–H groups in total. The van der Waals surface area contributed by atoms with Gasteiger partial charge in [0.1, 0.15) is 11.5 Å². The van der Waals surface area contributed by atoms with E-state index in [1.165, 1.54) is 50.7 Å². The van der Waals surface area contributed by atoms with Crippen molar-refractivity contribution >= 4 is 11.6 Å². The van der Waals surface area contributed by atoms with Gasteiger partial charge in [0, 0.05) is 48.8 Å². The molecule has 2 aromatic rings. The third kappa shape index (κ3) is 13.1. The van der Waals surface area contributed by atoms with E-state index in [0.29, 0.717) is 37.4 Å². The van der Waals surface area contributed by atoms with Gasteiger partial charge in [0.2, 0.25) is 0 Å². The molecule has 0 aliphatic heterocycles. The summed E-state index contributed by atoms with van der Waals surface area (Å²) in [4.78, 5) is 24.6.